The number of hydrogen-bond acceptors (Lipinski definition) is 2. The third kappa shape index (κ3) is 4.00. The lowest BCUT2D eigenvalue weighted by Gasteiger charge is -2.32. The highest BCUT2D eigenvalue weighted by molar-refractivity contribution is 6.42. The Hall–Kier alpha value is -1.55. The molecule has 5 heteroatoms. The Morgan fingerprint density at radius 1 is 1.08 bits per heavy atom. The summed E-state index contributed by atoms with van der Waals surface area (Å²) in [7, 11) is 1.99. The number of benzene rings is 2. The molecule has 25 heavy (non-hydrogen) atoms. The molecular weight excluding hydrogens is 355 g/mol. The van der Waals surface area contributed by atoms with E-state index in [-0.39, 0.29) is 5.91 Å². The van der Waals surface area contributed by atoms with Crippen molar-refractivity contribution in [3.05, 3.63) is 68.7 Å². The molecule has 2 N–H and O–H groups in total. The average molecular weight is 377 g/mol. The maximum Gasteiger partial charge on any atom is 0.217 e. The second-order valence-electron chi connectivity index (χ2n) is 6.52. The van der Waals surface area contributed by atoms with Gasteiger partial charge in [-0.05, 0) is 54.3 Å². The number of fused-ring (bicyclic) bond motifs is 1. The van der Waals surface area contributed by atoms with Crippen LogP contribution in [0, 0.1) is 0 Å². The summed E-state index contributed by atoms with van der Waals surface area (Å²) in [5.74, 6) is 0.292. The molecular formula is C20H22Cl2N2O. The molecule has 1 amide bonds. The fraction of sp³-hybridized carbons (Fsp3) is 0.350. The molecule has 1 aliphatic carbocycles. The second-order valence-corrected chi connectivity index (χ2v) is 7.33. The van der Waals surface area contributed by atoms with E-state index in [0.29, 0.717) is 28.5 Å². The standard InChI is InChI=1S/C20H22Cl2N2O/c1-12(25)24-11-13-3-5-16-15(6-8-20(23-2)17(16)9-13)14-4-7-18(21)19(22)10-14/h3-5,7,9-10,15,20,23H,6,8,11H2,1-2H3,(H,24,25)/t15-,20?/m0/s1. The van der Waals surface area contributed by atoms with E-state index in [1.807, 2.05) is 19.2 Å². The van der Waals surface area contributed by atoms with Crippen molar-refractivity contribution in [1.29, 1.82) is 0 Å². The normalized spacial score (nSPS) is 19.4. The average Bonchev–Trinajstić information content (AvgIpc) is 2.61. The van der Waals surface area contributed by atoms with Crippen LogP contribution >= 0.6 is 23.2 Å². The predicted molar refractivity (Wildman–Crippen MR) is 103 cm³/mol. The van der Waals surface area contributed by atoms with Crippen LogP contribution in [0.15, 0.2) is 36.4 Å². The van der Waals surface area contributed by atoms with Crippen molar-refractivity contribution in [2.24, 2.45) is 0 Å². The van der Waals surface area contributed by atoms with Gasteiger partial charge >= 0.3 is 0 Å². The van der Waals surface area contributed by atoms with Crippen molar-refractivity contribution in [3.8, 4) is 0 Å². The molecule has 2 aromatic carbocycles. The molecule has 2 atom stereocenters. The van der Waals surface area contributed by atoms with E-state index in [0.717, 1.165) is 18.4 Å². The van der Waals surface area contributed by atoms with Gasteiger partial charge in [-0.25, -0.2) is 0 Å². The Labute approximate surface area is 158 Å². The zero-order chi connectivity index (χ0) is 18.0. The number of halogens is 2. The number of carbonyl (C=O) groups excluding carboxylic acids is 1. The van der Waals surface area contributed by atoms with Crippen LogP contribution in [0.3, 0.4) is 0 Å². The highest BCUT2D eigenvalue weighted by Crippen LogP contribution is 2.42. The first-order valence-electron chi connectivity index (χ1n) is 8.49. The van der Waals surface area contributed by atoms with Gasteiger partial charge in [0, 0.05) is 25.4 Å². The van der Waals surface area contributed by atoms with Crippen LogP contribution in [-0.4, -0.2) is 13.0 Å². The molecule has 3 rings (SSSR count). The SMILES string of the molecule is CNC1CC[C@@H](c2ccc(Cl)c(Cl)c2)c2ccc(CNC(C)=O)cc21. The molecule has 0 saturated heterocycles. The molecule has 0 radical (unpaired) electrons. The zero-order valence-corrected chi connectivity index (χ0v) is 15.9. The van der Waals surface area contributed by atoms with Gasteiger partial charge in [0.05, 0.1) is 10.0 Å². The van der Waals surface area contributed by atoms with Gasteiger partial charge in [0.2, 0.25) is 5.91 Å². The van der Waals surface area contributed by atoms with E-state index in [1.165, 1.54) is 23.6 Å². The zero-order valence-electron chi connectivity index (χ0n) is 14.4. The largest absolute Gasteiger partial charge is 0.352 e. The summed E-state index contributed by atoms with van der Waals surface area (Å²) in [5, 5.41) is 7.46. The summed E-state index contributed by atoms with van der Waals surface area (Å²) in [6, 6.07) is 12.7. The molecule has 0 saturated carbocycles. The van der Waals surface area contributed by atoms with Gasteiger partial charge < -0.3 is 10.6 Å². The lowest BCUT2D eigenvalue weighted by molar-refractivity contribution is -0.119. The first-order valence-corrected chi connectivity index (χ1v) is 9.24. The number of carbonyl (C=O) groups is 1. The third-order valence-corrected chi connectivity index (χ3v) is 5.62. The van der Waals surface area contributed by atoms with Crippen molar-refractivity contribution >= 4 is 29.1 Å². The van der Waals surface area contributed by atoms with Crippen LogP contribution in [0.1, 0.15) is 54.0 Å². The Morgan fingerprint density at radius 3 is 2.56 bits per heavy atom. The molecule has 132 valence electrons. The van der Waals surface area contributed by atoms with Gasteiger partial charge in [-0.2, -0.15) is 0 Å². The van der Waals surface area contributed by atoms with Crippen LogP contribution in [0.2, 0.25) is 10.0 Å². The van der Waals surface area contributed by atoms with E-state index in [9.17, 15) is 4.79 Å². The van der Waals surface area contributed by atoms with Crippen molar-refractivity contribution in [3.63, 3.8) is 0 Å². The van der Waals surface area contributed by atoms with Crippen LogP contribution in [0.4, 0.5) is 0 Å². The molecule has 0 fully saturated rings. The van der Waals surface area contributed by atoms with E-state index in [2.05, 4.69) is 34.9 Å². The number of hydrogen-bond donors (Lipinski definition) is 2. The molecule has 0 aliphatic heterocycles. The third-order valence-electron chi connectivity index (χ3n) is 4.88. The summed E-state index contributed by atoms with van der Waals surface area (Å²) in [6.07, 6.45) is 2.11. The van der Waals surface area contributed by atoms with Gasteiger partial charge in [0.1, 0.15) is 0 Å². The minimum absolute atomic E-state index is 0.0171. The minimum atomic E-state index is -0.0171. The van der Waals surface area contributed by atoms with Crippen molar-refractivity contribution in [1.82, 2.24) is 10.6 Å². The van der Waals surface area contributed by atoms with Crippen LogP contribution in [-0.2, 0) is 11.3 Å². The Bertz CT molecular complexity index is 791. The monoisotopic (exact) mass is 376 g/mol. The Morgan fingerprint density at radius 2 is 1.88 bits per heavy atom. The lowest BCUT2D eigenvalue weighted by atomic mass is 9.76. The summed E-state index contributed by atoms with van der Waals surface area (Å²) >= 11 is 12.3. The first-order chi connectivity index (χ1) is 12.0. The number of nitrogens with one attached hydrogen (secondary N) is 2. The fourth-order valence-electron chi connectivity index (χ4n) is 3.60. The minimum Gasteiger partial charge on any atom is -0.352 e. The van der Waals surface area contributed by atoms with Gasteiger partial charge in [0.25, 0.3) is 0 Å². The van der Waals surface area contributed by atoms with Gasteiger partial charge in [-0.1, -0.05) is 47.5 Å². The molecule has 1 unspecified atom stereocenters. The number of rotatable bonds is 4. The highest BCUT2D eigenvalue weighted by Gasteiger charge is 2.28. The molecule has 0 bridgehead atoms. The quantitative estimate of drug-likeness (QED) is 0.803. The van der Waals surface area contributed by atoms with Crippen LogP contribution < -0.4 is 10.6 Å². The molecule has 0 heterocycles. The van der Waals surface area contributed by atoms with Crippen molar-refractivity contribution in [2.45, 2.75) is 38.3 Å². The van der Waals surface area contributed by atoms with Crippen molar-refractivity contribution in [2.75, 3.05) is 7.05 Å². The van der Waals surface area contributed by atoms with Crippen LogP contribution in [0.5, 0.6) is 0 Å². The smallest absolute Gasteiger partial charge is 0.217 e. The molecule has 0 spiro atoms. The molecule has 3 nitrogen and oxygen atoms in total. The summed E-state index contributed by atoms with van der Waals surface area (Å²) < 4.78 is 0. The van der Waals surface area contributed by atoms with Gasteiger partial charge in [-0.15, -0.1) is 0 Å². The topological polar surface area (TPSA) is 41.1 Å². The molecule has 2 aromatic rings. The number of amides is 1. The van der Waals surface area contributed by atoms with E-state index in [1.54, 1.807) is 0 Å². The summed E-state index contributed by atoms with van der Waals surface area (Å²) in [5.41, 5.74) is 4.92. The fourth-order valence-corrected chi connectivity index (χ4v) is 3.91. The van der Waals surface area contributed by atoms with E-state index >= 15 is 0 Å². The predicted octanol–water partition coefficient (Wildman–Crippen LogP) is 4.82. The van der Waals surface area contributed by atoms with Gasteiger partial charge in [0.15, 0.2) is 0 Å². The summed E-state index contributed by atoms with van der Waals surface area (Å²) in [4.78, 5) is 11.2. The first kappa shape index (κ1) is 18.2. The Kier molecular flexibility index (Phi) is 5.67. The highest BCUT2D eigenvalue weighted by atomic mass is 35.5. The van der Waals surface area contributed by atoms with Gasteiger partial charge in [-0.3, -0.25) is 4.79 Å². The maximum absolute atomic E-state index is 11.2. The molecule has 0 aromatic heterocycles. The maximum atomic E-state index is 11.2. The van der Waals surface area contributed by atoms with Crippen LogP contribution in [0.25, 0.3) is 0 Å². The second kappa shape index (κ2) is 7.77. The summed E-state index contributed by atoms with van der Waals surface area (Å²) in [6.45, 7) is 2.09. The van der Waals surface area contributed by atoms with E-state index < -0.39 is 0 Å². The Balaban J connectivity index is 1.97. The molecule has 1 aliphatic rings. The van der Waals surface area contributed by atoms with Crippen molar-refractivity contribution < 1.29 is 4.79 Å². The van der Waals surface area contributed by atoms with E-state index in [4.69, 9.17) is 23.2 Å². The lowest BCUT2D eigenvalue weighted by Crippen LogP contribution is -2.25.